The van der Waals surface area contributed by atoms with Gasteiger partial charge >= 0.3 is 0 Å². The lowest BCUT2D eigenvalue weighted by molar-refractivity contribution is 0.0938. The molecule has 1 atom stereocenters. The van der Waals surface area contributed by atoms with E-state index in [1.807, 2.05) is 18.2 Å². The van der Waals surface area contributed by atoms with Crippen molar-refractivity contribution in [3.8, 4) is 5.69 Å². The first-order valence-electron chi connectivity index (χ1n) is 10.2. The Bertz CT molecular complexity index is 1580. The second-order valence-corrected chi connectivity index (χ2v) is 7.92. The Hall–Kier alpha value is -4.11. The van der Waals surface area contributed by atoms with Crippen molar-refractivity contribution in [2.45, 2.75) is 19.9 Å². The van der Waals surface area contributed by atoms with Gasteiger partial charge < -0.3 is 5.32 Å². The number of hydrogen-bond acceptors (Lipinski definition) is 6. The number of halogens is 1. The highest BCUT2D eigenvalue weighted by Crippen LogP contribution is 2.23. The number of carbonyl (C=O) groups is 1. The average Bonchev–Trinajstić information content (AvgIpc) is 3.15. The highest BCUT2D eigenvalue weighted by molar-refractivity contribution is 6.35. The minimum atomic E-state index is -0.625. The van der Waals surface area contributed by atoms with Gasteiger partial charge in [0.15, 0.2) is 5.65 Å². The molecule has 3 aromatic heterocycles. The number of carbonyl (C=O) groups excluding carboxylic acids is 1. The van der Waals surface area contributed by atoms with Crippen LogP contribution in [-0.2, 0) is 0 Å². The van der Waals surface area contributed by atoms with E-state index >= 15 is 0 Å². The Kier molecular flexibility index (Phi) is 5.10. The van der Waals surface area contributed by atoms with Gasteiger partial charge in [-0.25, -0.2) is 9.50 Å². The van der Waals surface area contributed by atoms with Crippen LogP contribution in [0.5, 0.6) is 0 Å². The number of amides is 1. The standard InChI is InChI=1S/C23H18ClN7O2/c1-13-18(21-28-25-11-12-30(21)29-13)22(32)26-14(2)20-27-17-10-6-9-16(24)19(17)23(33)31(20)15-7-4-3-5-8-15/h3-12,14H,1-2H3,(H,26,32)/t14-/m0/s1. The molecule has 1 amide bonds. The zero-order valence-corrected chi connectivity index (χ0v) is 18.5. The molecule has 5 rings (SSSR count). The summed E-state index contributed by atoms with van der Waals surface area (Å²) in [6.07, 6.45) is 3.11. The summed E-state index contributed by atoms with van der Waals surface area (Å²) in [5.74, 6) is -0.0231. The number of nitrogens with one attached hydrogen (secondary N) is 1. The fourth-order valence-electron chi connectivity index (χ4n) is 3.84. The van der Waals surface area contributed by atoms with Crippen LogP contribution in [0.1, 0.15) is 34.8 Å². The third-order valence-electron chi connectivity index (χ3n) is 5.34. The van der Waals surface area contributed by atoms with E-state index in [0.717, 1.165) is 0 Å². The minimum Gasteiger partial charge on any atom is -0.342 e. The Morgan fingerprint density at radius 1 is 1.12 bits per heavy atom. The van der Waals surface area contributed by atoms with Gasteiger partial charge in [0.05, 0.1) is 45.7 Å². The van der Waals surface area contributed by atoms with Gasteiger partial charge in [0.25, 0.3) is 11.5 Å². The first-order chi connectivity index (χ1) is 16.0. The molecular weight excluding hydrogens is 442 g/mol. The van der Waals surface area contributed by atoms with Gasteiger partial charge in [0.2, 0.25) is 0 Å². The van der Waals surface area contributed by atoms with E-state index in [0.29, 0.717) is 44.3 Å². The lowest BCUT2D eigenvalue weighted by atomic mass is 10.1. The number of nitrogens with zero attached hydrogens (tertiary/aromatic N) is 6. The molecule has 0 saturated carbocycles. The normalized spacial score (nSPS) is 12.2. The third kappa shape index (κ3) is 3.52. The van der Waals surface area contributed by atoms with Crippen LogP contribution in [0.15, 0.2) is 65.7 Å². The maximum absolute atomic E-state index is 13.5. The van der Waals surface area contributed by atoms with Crippen LogP contribution >= 0.6 is 11.6 Å². The number of hydrogen-bond donors (Lipinski definition) is 1. The maximum atomic E-state index is 13.5. The second-order valence-electron chi connectivity index (χ2n) is 7.52. The van der Waals surface area contributed by atoms with Crippen molar-refractivity contribution < 1.29 is 4.79 Å². The summed E-state index contributed by atoms with van der Waals surface area (Å²) < 4.78 is 2.97. The second kappa shape index (κ2) is 8.10. The van der Waals surface area contributed by atoms with Crippen molar-refractivity contribution in [3.05, 3.63) is 93.4 Å². The molecule has 0 radical (unpaired) electrons. The van der Waals surface area contributed by atoms with Crippen LogP contribution in [0.4, 0.5) is 0 Å². The van der Waals surface area contributed by atoms with Crippen LogP contribution in [0.3, 0.4) is 0 Å². The lowest BCUT2D eigenvalue weighted by Crippen LogP contribution is -2.33. The number of aromatic nitrogens is 6. The molecule has 3 heterocycles. The highest BCUT2D eigenvalue weighted by Gasteiger charge is 2.24. The van der Waals surface area contributed by atoms with E-state index in [1.165, 1.54) is 15.3 Å². The molecule has 0 fully saturated rings. The van der Waals surface area contributed by atoms with Crippen molar-refractivity contribution >= 4 is 34.1 Å². The van der Waals surface area contributed by atoms with Gasteiger partial charge in [-0.15, -0.1) is 5.10 Å². The molecule has 9 nitrogen and oxygen atoms in total. The topological polar surface area (TPSA) is 107 Å². The zero-order chi connectivity index (χ0) is 23.1. The Balaban J connectivity index is 1.64. The zero-order valence-electron chi connectivity index (χ0n) is 17.7. The largest absolute Gasteiger partial charge is 0.342 e. The Morgan fingerprint density at radius 2 is 1.91 bits per heavy atom. The Morgan fingerprint density at radius 3 is 2.70 bits per heavy atom. The predicted octanol–water partition coefficient (Wildman–Crippen LogP) is 3.28. The van der Waals surface area contributed by atoms with Gasteiger partial charge in [-0.1, -0.05) is 35.9 Å². The van der Waals surface area contributed by atoms with Crippen molar-refractivity contribution in [1.82, 2.24) is 34.7 Å². The SMILES string of the molecule is Cc1nn2ccnnc2c1C(=O)N[C@@H](C)c1nc2cccc(Cl)c2c(=O)n1-c1ccccc1. The molecular formula is C23H18ClN7O2. The van der Waals surface area contributed by atoms with Crippen LogP contribution in [-0.4, -0.2) is 35.3 Å². The van der Waals surface area contributed by atoms with E-state index in [4.69, 9.17) is 16.6 Å². The summed E-state index contributed by atoms with van der Waals surface area (Å²) in [4.78, 5) is 31.4. The molecule has 0 aliphatic heterocycles. The quantitative estimate of drug-likeness (QED) is 0.442. The van der Waals surface area contributed by atoms with Gasteiger partial charge in [-0.2, -0.15) is 10.2 Å². The highest BCUT2D eigenvalue weighted by atomic mass is 35.5. The molecule has 0 unspecified atom stereocenters. The molecule has 2 aromatic carbocycles. The first-order valence-corrected chi connectivity index (χ1v) is 10.6. The van der Waals surface area contributed by atoms with Crippen molar-refractivity contribution in [2.75, 3.05) is 0 Å². The minimum absolute atomic E-state index is 0.312. The number of rotatable bonds is 4. The molecule has 1 N–H and O–H groups in total. The fraction of sp³-hybridized carbons (Fsp3) is 0.130. The summed E-state index contributed by atoms with van der Waals surface area (Å²) in [5.41, 5.74) is 1.93. The summed E-state index contributed by atoms with van der Waals surface area (Å²) in [6, 6.07) is 13.6. The monoisotopic (exact) mass is 459 g/mol. The number of aryl methyl sites for hydroxylation is 1. The summed E-state index contributed by atoms with van der Waals surface area (Å²) >= 11 is 6.33. The smallest absolute Gasteiger partial charge is 0.267 e. The van der Waals surface area contributed by atoms with Gasteiger partial charge in [-0.3, -0.25) is 14.2 Å². The van der Waals surface area contributed by atoms with Gasteiger partial charge in [0, 0.05) is 0 Å². The molecule has 0 spiro atoms. The van der Waals surface area contributed by atoms with E-state index < -0.39 is 11.9 Å². The molecule has 5 aromatic rings. The lowest BCUT2D eigenvalue weighted by Gasteiger charge is -2.20. The maximum Gasteiger partial charge on any atom is 0.267 e. The molecule has 0 aliphatic rings. The predicted molar refractivity (Wildman–Crippen MR) is 124 cm³/mol. The number of benzene rings is 2. The van der Waals surface area contributed by atoms with E-state index in [2.05, 4.69) is 20.6 Å². The van der Waals surface area contributed by atoms with Crippen LogP contribution < -0.4 is 10.9 Å². The molecule has 0 bridgehead atoms. The van der Waals surface area contributed by atoms with E-state index in [-0.39, 0.29) is 5.56 Å². The van der Waals surface area contributed by atoms with Crippen molar-refractivity contribution in [3.63, 3.8) is 0 Å². The first kappa shape index (κ1) is 20.8. The van der Waals surface area contributed by atoms with Crippen LogP contribution in [0, 0.1) is 6.92 Å². The van der Waals surface area contributed by atoms with E-state index in [9.17, 15) is 9.59 Å². The van der Waals surface area contributed by atoms with E-state index in [1.54, 1.807) is 50.4 Å². The molecule has 0 saturated heterocycles. The van der Waals surface area contributed by atoms with Crippen molar-refractivity contribution in [2.24, 2.45) is 0 Å². The summed E-state index contributed by atoms with van der Waals surface area (Å²) in [5, 5.41) is 15.8. The van der Waals surface area contributed by atoms with Crippen LogP contribution in [0.25, 0.3) is 22.2 Å². The number of fused-ring (bicyclic) bond motifs is 2. The number of para-hydroxylation sites is 1. The summed E-state index contributed by atoms with van der Waals surface area (Å²) in [7, 11) is 0. The van der Waals surface area contributed by atoms with Gasteiger partial charge in [0.1, 0.15) is 11.4 Å². The van der Waals surface area contributed by atoms with Crippen LogP contribution in [0.2, 0.25) is 5.02 Å². The average molecular weight is 460 g/mol. The molecule has 10 heteroatoms. The van der Waals surface area contributed by atoms with Gasteiger partial charge in [-0.05, 0) is 38.1 Å². The summed E-state index contributed by atoms with van der Waals surface area (Å²) in [6.45, 7) is 3.49. The fourth-order valence-corrected chi connectivity index (χ4v) is 4.09. The third-order valence-corrected chi connectivity index (χ3v) is 5.65. The Labute approximate surface area is 192 Å². The molecule has 164 valence electrons. The molecule has 33 heavy (non-hydrogen) atoms. The van der Waals surface area contributed by atoms with Crippen molar-refractivity contribution in [1.29, 1.82) is 0 Å². The molecule has 0 aliphatic carbocycles.